The summed E-state index contributed by atoms with van der Waals surface area (Å²) in [5.41, 5.74) is 1.63. The predicted molar refractivity (Wildman–Crippen MR) is 67.5 cm³/mol. The molecule has 1 unspecified atom stereocenters. The van der Waals surface area contributed by atoms with Crippen molar-refractivity contribution in [3.8, 4) is 0 Å². The number of hydrogen-bond donors (Lipinski definition) is 0. The van der Waals surface area contributed by atoms with E-state index in [4.69, 9.17) is 4.74 Å². The number of carbonyl (C=O) groups excluding carboxylic acids is 1. The summed E-state index contributed by atoms with van der Waals surface area (Å²) < 4.78 is 5.15. The third kappa shape index (κ3) is 1.62. The van der Waals surface area contributed by atoms with Crippen LogP contribution in [0.3, 0.4) is 0 Å². The Kier molecular flexibility index (Phi) is 2.22. The molecule has 2 aromatic rings. The lowest BCUT2D eigenvalue weighted by atomic mass is 9.98. The van der Waals surface area contributed by atoms with E-state index in [0.717, 1.165) is 16.3 Å². The summed E-state index contributed by atoms with van der Waals surface area (Å²) in [4.78, 5) is 11.7. The van der Waals surface area contributed by atoms with Crippen molar-refractivity contribution in [2.24, 2.45) is 0 Å². The summed E-state index contributed by atoms with van der Waals surface area (Å²) >= 11 is 0. The number of ether oxygens (including phenoxy) is 1. The topological polar surface area (TPSA) is 26.3 Å². The van der Waals surface area contributed by atoms with Crippen molar-refractivity contribution < 1.29 is 9.53 Å². The molecule has 2 heteroatoms. The van der Waals surface area contributed by atoms with Crippen molar-refractivity contribution in [3.05, 3.63) is 54.1 Å². The number of rotatable bonds is 1. The Morgan fingerprint density at radius 1 is 1.06 bits per heavy atom. The Balaban J connectivity index is 2.25. The summed E-state index contributed by atoms with van der Waals surface area (Å²) in [5, 5.41) is 2.23. The monoisotopic (exact) mass is 224 g/mol. The number of fused-ring (bicyclic) bond motifs is 1. The maximum Gasteiger partial charge on any atom is 0.339 e. The third-order valence-electron chi connectivity index (χ3n) is 2.99. The van der Waals surface area contributed by atoms with Gasteiger partial charge in [0.25, 0.3) is 0 Å². The van der Waals surface area contributed by atoms with E-state index in [-0.39, 0.29) is 12.1 Å². The van der Waals surface area contributed by atoms with Gasteiger partial charge < -0.3 is 4.74 Å². The minimum atomic E-state index is -0.228. The van der Waals surface area contributed by atoms with Crippen LogP contribution in [0, 0.1) is 0 Å². The second-order valence-electron chi connectivity index (χ2n) is 4.22. The quantitative estimate of drug-likeness (QED) is 0.695. The lowest BCUT2D eigenvalue weighted by molar-refractivity contribution is -0.137. The zero-order valence-corrected chi connectivity index (χ0v) is 9.51. The van der Waals surface area contributed by atoms with E-state index < -0.39 is 0 Å². The van der Waals surface area contributed by atoms with Gasteiger partial charge in [0.1, 0.15) is 6.10 Å². The van der Waals surface area contributed by atoms with E-state index in [1.807, 2.05) is 55.5 Å². The summed E-state index contributed by atoms with van der Waals surface area (Å²) in [5.74, 6) is -0.228. The highest BCUT2D eigenvalue weighted by Crippen LogP contribution is 2.29. The van der Waals surface area contributed by atoms with Crippen molar-refractivity contribution >= 4 is 22.3 Å². The number of hydrogen-bond acceptors (Lipinski definition) is 2. The van der Waals surface area contributed by atoms with Crippen molar-refractivity contribution in [2.75, 3.05) is 0 Å². The molecule has 0 radical (unpaired) electrons. The second kappa shape index (κ2) is 3.74. The number of carbonyl (C=O) groups is 1. The first-order valence-corrected chi connectivity index (χ1v) is 5.66. The van der Waals surface area contributed by atoms with E-state index >= 15 is 0 Å². The van der Waals surface area contributed by atoms with Crippen LogP contribution in [0.25, 0.3) is 16.3 Å². The highest BCUT2D eigenvalue weighted by molar-refractivity contribution is 6.21. The molecule has 0 bridgehead atoms. The number of benzene rings is 2. The molecule has 0 N–H and O–H groups in total. The molecule has 0 aromatic heterocycles. The smallest absolute Gasteiger partial charge is 0.339 e. The number of cyclic esters (lactones) is 1. The van der Waals surface area contributed by atoms with Crippen molar-refractivity contribution in [2.45, 2.75) is 13.0 Å². The zero-order chi connectivity index (χ0) is 11.8. The molecular weight excluding hydrogens is 212 g/mol. The fraction of sp³-hybridized carbons (Fsp3) is 0.133. The Bertz CT molecular complexity index is 620. The maximum atomic E-state index is 11.7. The van der Waals surface area contributed by atoms with Crippen LogP contribution in [0.2, 0.25) is 0 Å². The molecular formula is C15H12O2. The van der Waals surface area contributed by atoms with Crippen molar-refractivity contribution in [3.63, 3.8) is 0 Å². The standard InChI is InChI=1S/C15H12O2/c1-10-9-14(15(16)17-10)13-8-4-6-11-5-2-3-7-12(11)13/h2-10H,1H3. The van der Waals surface area contributed by atoms with Gasteiger partial charge in [0, 0.05) is 0 Å². The predicted octanol–water partition coefficient (Wildman–Crippen LogP) is 3.17. The van der Waals surface area contributed by atoms with E-state index in [0.29, 0.717) is 5.57 Å². The molecule has 84 valence electrons. The molecule has 1 aliphatic rings. The molecule has 0 fully saturated rings. The van der Waals surface area contributed by atoms with Gasteiger partial charge in [0.15, 0.2) is 0 Å². The van der Waals surface area contributed by atoms with Crippen LogP contribution in [-0.4, -0.2) is 12.1 Å². The van der Waals surface area contributed by atoms with Crippen LogP contribution in [-0.2, 0) is 9.53 Å². The van der Waals surface area contributed by atoms with Crippen LogP contribution >= 0.6 is 0 Å². The van der Waals surface area contributed by atoms with Crippen LogP contribution < -0.4 is 0 Å². The first kappa shape index (κ1) is 10.1. The normalized spacial score (nSPS) is 19.2. The molecule has 0 amide bonds. The average molecular weight is 224 g/mol. The van der Waals surface area contributed by atoms with Crippen LogP contribution in [0.4, 0.5) is 0 Å². The third-order valence-corrected chi connectivity index (χ3v) is 2.99. The first-order chi connectivity index (χ1) is 8.25. The largest absolute Gasteiger partial charge is 0.455 e. The molecule has 0 spiro atoms. The van der Waals surface area contributed by atoms with Crippen molar-refractivity contribution in [1.82, 2.24) is 0 Å². The minimum Gasteiger partial charge on any atom is -0.455 e. The summed E-state index contributed by atoms with van der Waals surface area (Å²) in [7, 11) is 0. The summed E-state index contributed by atoms with van der Waals surface area (Å²) in [6.45, 7) is 1.87. The molecule has 2 nitrogen and oxygen atoms in total. The molecule has 0 saturated carbocycles. The van der Waals surface area contributed by atoms with E-state index in [1.165, 1.54) is 0 Å². The molecule has 2 aromatic carbocycles. The zero-order valence-electron chi connectivity index (χ0n) is 9.51. The highest BCUT2D eigenvalue weighted by Gasteiger charge is 2.24. The minimum absolute atomic E-state index is 0.128. The van der Waals surface area contributed by atoms with Crippen LogP contribution in [0.15, 0.2) is 48.5 Å². The molecule has 1 heterocycles. The van der Waals surface area contributed by atoms with E-state index in [1.54, 1.807) is 0 Å². The highest BCUT2D eigenvalue weighted by atomic mass is 16.5. The molecule has 0 saturated heterocycles. The fourth-order valence-corrected chi connectivity index (χ4v) is 2.23. The average Bonchev–Trinajstić information content (AvgIpc) is 2.68. The lowest BCUT2D eigenvalue weighted by Crippen LogP contribution is -2.03. The SMILES string of the molecule is CC1C=C(c2cccc3ccccc23)C(=O)O1. The second-order valence-corrected chi connectivity index (χ2v) is 4.22. The summed E-state index contributed by atoms with van der Waals surface area (Å²) in [6, 6.07) is 14.0. The van der Waals surface area contributed by atoms with Gasteiger partial charge >= 0.3 is 5.97 Å². The van der Waals surface area contributed by atoms with Gasteiger partial charge in [-0.2, -0.15) is 0 Å². The molecule has 17 heavy (non-hydrogen) atoms. The maximum absolute atomic E-state index is 11.7. The fourth-order valence-electron chi connectivity index (χ4n) is 2.23. The van der Waals surface area contributed by atoms with E-state index in [9.17, 15) is 4.79 Å². The van der Waals surface area contributed by atoms with Gasteiger partial charge in [-0.1, -0.05) is 42.5 Å². The van der Waals surface area contributed by atoms with Crippen LogP contribution in [0.5, 0.6) is 0 Å². The molecule has 1 atom stereocenters. The van der Waals surface area contributed by atoms with Gasteiger partial charge in [-0.05, 0) is 29.3 Å². The first-order valence-electron chi connectivity index (χ1n) is 5.66. The summed E-state index contributed by atoms with van der Waals surface area (Å²) in [6.07, 6.45) is 1.75. The van der Waals surface area contributed by atoms with E-state index in [2.05, 4.69) is 0 Å². The lowest BCUT2D eigenvalue weighted by Gasteiger charge is -2.05. The van der Waals surface area contributed by atoms with Gasteiger partial charge in [-0.3, -0.25) is 0 Å². The molecule has 1 aliphatic heterocycles. The van der Waals surface area contributed by atoms with Gasteiger partial charge in [-0.25, -0.2) is 4.79 Å². The van der Waals surface area contributed by atoms with Crippen LogP contribution in [0.1, 0.15) is 12.5 Å². The molecule has 3 rings (SSSR count). The Hall–Kier alpha value is -2.09. The Labute approximate surface area is 99.5 Å². The van der Waals surface area contributed by atoms with Gasteiger partial charge in [-0.15, -0.1) is 0 Å². The Morgan fingerprint density at radius 3 is 2.59 bits per heavy atom. The number of esters is 1. The molecule has 0 aliphatic carbocycles. The van der Waals surface area contributed by atoms with Gasteiger partial charge in [0.2, 0.25) is 0 Å². The van der Waals surface area contributed by atoms with Crippen molar-refractivity contribution in [1.29, 1.82) is 0 Å². The van der Waals surface area contributed by atoms with Gasteiger partial charge in [0.05, 0.1) is 5.57 Å². The Morgan fingerprint density at radius 2 is 1.82 bits per heavy atom.